The molecule has 0 spiro atoms. The molecule has 2 aliphatic rings. The average Bonchev–Trinajstić information content (AvgIpc) is 2.93. The minimum Gasteiger partial charge on any atom is -0.483 e. The quantitative estimate of drug-likeness (QED) is 0.340. The lowest BCUT2D eigenvalue weighted by atomic mass is 10.0. The van der Waals surface area contributed by atoms with Gasteiger partial charge in [0, 0.05) is 18.7 Å². The van der Waals surface area contributed by atoms with Crippen molar-refractivity contribution in [3.8, 4) is 5.75 Å². The summed E-state index contributed by atoms with van der Waals surface area (Å²) in [6.45, 7) is 2.57. The molecule has 39 heavy (non-hydrogen) atoms. The third-order valence-electron chi connectivity index (χ3n) is 6.91. The molecule has 2 aliphatic heterocycles. The van der Waals surface area contributed by atoms with Crippen LogP contribution >= 0.6 is 12.2 Å². The SMILES string of the molecule is C[C@@H]1CCO[C@H]2Cn3cc(C(=O)CNC(=S)Cc4ccc(F)cc4)c(=O)c(OCc4ccccc4)c3C(=O)N12. The van der Waals surface area contributed by atoms with Crippen molar-refractivity contribution in [2.45, 2.75) is 45.2 Å². The number of hydrogen-bond donors (Lipinski definition) is 1. The number of carbonyl (C=O) groups is 2. The fourth-order valence-electron chi connectivity index (χ4n) is 4.83. The zero-order valence-electron chi connectivity index (χ0n) is 21.4. The third-order valence-corrected chi connectivity index (χ3v) is 7.20. The molecular formula is C29H28FN3O5S. The van der Waals surface area contributed by atoms with E-state index in [2.05, 4.69) is 5.32 Å². The minimum atomic E-state index is -0.647. The highest BCUT2D eigenvalue weighted by atomic mass is 32.1. The number of amides is 1. The number of nitrogens with zero attached hydrogens (tertiary/aromatic N) is 2. The molecule has 1 amide bonds. The van der Waals surface area contributed by atoms with Gasteiger partial charge in [0.25, 0.3) is 5.91 Å². The van der Waals surface area contributed by atoms with Gasteiger partial charge in [-0.25, -0.2) is 4.39 Å². The van der Waals surface area contributed by atoms with Crippen LogP contribution in [0, 0.1) is 5.82 Å². The van der Waals surface area contributed by atoms with Crippen molar-refractivity contribution in [2.75, 3.05) is 13.2 Å². The van der Waals surface area contributed by atoms with Crippen molar-refractivity contribution >= 4 is 28.9 Å². The Hall–Kier alpha value is -3.89. The molecule has 0 aliphatic carbocycles. The maximum Gasteiger partial charge on any atom is 0.276 e. The molecule has 0 saturated carbocycles. The summed E-state index contributed by atoms with van der Waals surface area (Å²) in [5.74, 6) is -1.36. The largest absolute Gasteiger partial charge is 0.483 e. The Bertz CT molecular complexity index is 1460. The highest BCUT2D eigenvalue weighted by Crippen LogP contribution is 2.30. The maximum absolute atomic E-state index is 13.6. The molecule has 1 N–H and O–H groups in total. The molecule has 1 aromatic heterocycles. The number of pyridine rings is 1. The van der Waals surface area contributed by atoms with Gasteiger partial charge in [-0.15, -0.1) is 0 Å². The second-order valence-electron chi connectivity index (χ2n) is 9.65. The van der Waals surface area contributed by atoms with Gasteiger partial charge in [0.1, 0.15) is 12.4 Å². The number of fused-ring (bicyclic) bond motifs is 2. The van der Waals surface area contributed by atoms with E-state index in [-0.39, 0.29) is 54.5 Å². The van der Waals surface area contributed by atoms with E-state index in [0.717, 1.165) is 11.1 Å². The van der Waals surface area contributed by atoms with Crippen LogP contribution in [0.15, 0.2) is 65.6 Å². The standard InChI is InChI=1S/C29H28FN3O5S/c1-18-11-12-37-25-16-32-15-22(23(34)14-31-24(39)13-19-7-9-21(30)10-8-19)27(35)28(26(32)29(36)33(18)25)38-17-20-5-3-2-4-6-20/h2-10,15,18,25H,11-14,16-17H2,1H3,(H,31,39)/t18-,25+/m1/s1. The molecule has 0 unspecified atom stereocenters. The van der Waals surface area contributed by atoms with Crippen LogP contribution < -0.4 is 15.5 Å². The van der Waals surface area contributed by atoms with Crippen LogP contribution in [-0.4, -0.2) is 51.6 Å². The number of hydrogen-bond acceptors (Lipinski definition) is 6. The number of halogens is 1. The summed E-state index contributed by atoms with van der Waals surface area (Å²) < 4.78 is 26.6. The van der Waals surface area contributed by atoms with Crippen LogP contribution in [0.25, 0.3) is 0 Å². The molecule has 202 valence electrons. The number of carbonyl (C=O) groups excluding carboxylic acids is 2. The van der Waals surface area contributed by atoms with E-state index in [1.165, 1.54) is 18.3 Å². The van der Waals surface area contributed by atoms with Crippen molar-refractivity contribution in [3.63, 3.8) is 0 Å². The molecule has 1 fully saturated rings. The van der Waals surface area contributed by atoms with Crippen LogP contribution in [0.5, 0.6) is 5.75 Å². The van der Waals surface area contributed by atoms with Crippen molar-refractivity contribution in [1.29, 1.82) is 0 Å². The first kappa shape index (κ1) is 26.7. The molecule has 0 bridgehead atoms. The summed E-state index contributed by atoms with van der Waals surface area (Å²) in [5.41, 5.74) is 0.961. The summed E-state index contributed by atoms with van der Waals surface area (Å²) in [4.78, 5) is 42.5. The van der Waals surface area contributed by atoms with Gasteiger partial charge in [-0.2, -0.15) is 0 Å². The number of rotatable bonds is 8. The van der Waals surface area contributed by atoms with Crippen molar-refractivity contribution < 1.29 is 23.5 Å². The van der Waals surface area contributed by atoms with E-state index < -0.39 is 17.4 Å². The number of nitrogens with one attached hydrogen (secondary N) is 1. The van der Waals surface area contributed by atoms with Crippen LogP contribution in [0.1, 0.15) is 45.3 Å². The summed E-state index contributed by atoms with van der Waals surface area (Å²) in [5, 5.41) is 2.89. The van der Waals surface area contributed by atoms with Crippen LogP contribution in [0.4, 0.5) is 4.39 Å². The Balaban J connectivity index is 1.42. The average molecular weight is 550 g/mol. The van der Waals surface area contributed by atoms with E-state index in [1.807, 2.05) is 37.3 Å². The van der Waals surface area contributed by atoms with Crippen LogP contribution in [0.2, 0.25) is 0 Å². The van der Waals surface area contributed by atoms with E-state index in [4.69, 9.17) is 21.7 Å². The molecule has 10 heteroatoms. The lowest BCUT2D eigenvalue weighted by Gasteiger charge is -2.44. The molecular weight excluding hydrogens is 521 g/mol. The number of benzene rings is 2. The maximum atomic E-state index is 13.6. The van der Waals surface area contributed by atoms with Gasteiger partial charge in [0.2, 0.25) is 5.43 Å². The predicted octanol–water partition coefficient (Wildman–Crippen LogP) is 3.50. The fourth-order valence-corrected chi connectivity index (χ4v) is 5.07. The number of Topliss-reactive ketones (excluding diaryl/α,β-unsaturated/α-hetero) is 1. The first-order valence-corrected chi connectivity index (χ1v) is 13.2. The first-order valence-electron chi connectivity index (χ1n) is 12.7. The van der Waals surface area contributed by atoms with Gasteiger partial charge in [0.05, 0.1) is 30.2 Å². The predicted molar refractivity (Wildman–Crippen MR) is 146 cm³/mol. The van der Waals surface area contributed by atoms with Gasteiger partial charge >= 0.3 is 0 Å². The van der Waals surface area contributed by atoms with E-state index in [9.17, 15) is 18.8 Å². The smallest absolute Gasteiger partial charge is 0.276 e. The van der Waals surface area contributed by atoms with Gasteiger partial charge in [-0.3, -0.25) is 14.4 Å². The second kappa shape index (κ2) is 11.5. The van der Waals surface area contributed by atoms with Crippen LogP contribution in [-0.2, 0) is 24.3 Å². The molecule has 5 rings (SSSR count). The Morgan fingerprint density at radius 3 is 2.62 bits per heavy atom. The summed E-state index contributed by atoms with van der Waals surface area (Å²) in [7, 11) is 0. The molecule has 3 aromatic rings. The monoisotopic (exact) mass is 549 g/mol. The zero-order valence-corrected chi connectivity index (χ0v) is 22.2. The highest BCUT2D eigenvalue weighted by Gasteiger charge is 2.41. The van der Waals surface area contributed by atoms with Crippen molar-refractivity contribution in [1.82, 2.24) is 14.8 Å². The number of ketones is 1. The highest BCUT2D eigenvalue weighted by molar-refractivity contribution is 7.80. The Morgan fingerprint density at radius 1 is 1.13 bits per heavy atom. The topological polar surface area (TPSA) is 89.9 Å². The molecule has 1 saturated heterocycles. The van der Waals surface area contributed by atoms with Gasteiger partial charge in [-0.1, -0.05) is 54.7 Å². The molecule has 0 radical (unpaired) electrons. The number of aromatic nitrogens is 1. The normalized spacial score (nSPS) is 18.2. The molecule has 2 atom stereocenters. The van der Waals surface area contributed by atoms with Gasteiger partial charge in [-0.05, 0) is 36.6 Å². The minimum absolute atomic E-state index is 0.0590. The lowest BCUT2D eigenvalue weighted by Crippen LogP contribution is -2.57. The van der Waals surface area contributed by atoms with E-state index in [1.54, 1.807) is 21.6 Å². The summed E-state index contributed by atoms with van der Waals surface area (Å²) >= 11 is 5.35. The van der Waals surface area contributed by atoms with Crippen LogP contribution in [0.3, 0.4) is 0 Å². The van der Waals surface area contributed by atoms with Gasteiger partial charge in [0.15, 0.2) is 23.5 Å². The molecule has 2 aromatic carbocycles. The molecule has 3 heterocycles. The van der Waals surface area contributed by atoms with Crippen molar-refractivity contribution in [2.24, 2.45) is 0 Å². The second-order valence-corrected chi connectivity index (χ2v) is 10.1. The zero-order chi connectivity index (χ0) is 27.5. The number of thiocarbonyl (C=S) groups is 1. The van der Waals surface area contributed by atoms with E-state index >= 15 is 0 Å². The molecule has 8 nitrogen and oxygen atoms in total. The summed E-state index contributed by atoms with van der Waals surface area (Å²) in [6.07, 6.45) is 1.92. The van der Waals surface area contributed by atoms with E-state index in [0.29, 0.717) is 24.4 Å². The fraction of sp³-hybridized carbons (Fsp3) is 0.310. The summed E-state index contributed by atoms with van der Waals surface area (Å²) in [6, 6.07) is 15.1. The Kier molecular flexibility index (Phi) is 7.85. The van der Waals surface area contributed by atoms with Crippen molar-refractivity contribution in [3.05, 3.63) is 99.2 Å². The first-order chi connectivity index (χ1) is 18.8. The Morgan fingerprint density at radius 2 is 1.87 bits per heavy atom. The third kappa shape index (κ3) is 5.76. The number of ether oxygens (including phenoxy) is 2. The van der Waals surface area contributed by atoms with Gasteiger partial charge < -0.3 is 24.3 Å². The Labute approximate surface area is 230 Å². The lowest BCUT2D eigenvalue weighted by molar-refractivity contribution is -0.112.